The molecule has 0 saturated heterocycles. The van der Waals surface area contributed by atoms with Gasteiger partial charge in [-0.15, -0.1) is 0 Å². The smallest absolute Gasteiger partial charge is 0.323 e. The summed E-state index contributed by atoms with van der Waals surface area (Å²) >= 11 is 0. The van der Waals surface area contributed by atoms with Gasteiger partial charge in [0, 0.05) is 0 Å². The monoisotopic (exact) mass is 145 g/mol. The van der Waals surface area contributed by atoms with E-state index < -0.39 is 11.5 Å². The van der Waals surface area contributed by atoms with Crippen LogP contribution in [0, 0.1) is 5.92 Å². The van der Waals surface area contributed by atoms with Crippen molar-refractivity contribution < 1.29 is 9.90 Å². The Balaban J connectivity index is 4.38. The van der Waals surface area contributed by atoms with Crippen molar-refractivity contribution in [3.8, 4) is 0 Å². The van der Waals surface area contributed by atoms with Gasteiger partial charge in [-0.05, 0) is 19.9 Å². The second-order valence-corrected chi connectivity index (χ2v) is 2.91. The average molecular weight is 145 g/mol. The summed E-state index contributed by atoms with van der Waals surface area (Å²) in [6.07, 6.45) is 0. The number of carbonyl (C=O) groups is 1. The fraction of sp³-hybridized carbons (Fsp3) is 0.857. The van der Waals surface area contributed by atoms with Gasteiger partial charge in [-0.3, -0.25) is 4.79 Å². The molecule has 0 saturated carbocycles. The van der Waals surface area contributed by atoms with Gasteiger partial charge in [0.25, 0.3) is 0 Å². The quantitative estimate of drug-likeness (QED) is 0.614. The summed E-state index contributed by atoms with van der Waals surface area (Å²) in [5.41, 5.74) is -0.792. The standard InChI is InChI=1S/C7H15NO2/c1-5(2)7(3,8-4)6(9)10/h5,8H,1-4H3,(H,9,10)/t7-/m1/s1. The molecule has 0 aliphatic carbocycles. The first-order valence-corrected chi connectivity index (χ1v) is 3.37. The highest BCUT2D eigenvalue weighted by atomic mass is 16.4. The third-order valence-electron chi connectivity index (χ3n) is 2.12. The molecule has 3 nitrogen and oxygen atoms in total. The average Bonchev–Trinajstić information content (AvgIpc) is 1.85. The minimum absolute atomic E-state index is 0.0926. The first-order chi connectivity index (χ1) is 4.45. The highest BCUT2D eigenvalue weighted by Gasteiger charge is 2.34. The molecule has 0 heterocycles. The van der Waals surface area contributed by atoms with E-state index in [0.29, 0.717) is 0 Å². The molecule has 0 unspecified atom stereocenters. The Hall–Kier alpha value is -0.570. The van der Waals surface area contributed by atoms with Crippen LogP contribution in [-0.2, 0) is 4.79 Å². The van der Waals surface area contributed by atoms with E-state index in [0.717, 1.165) is 0 Å². The Kier molecular flexibility index (Phi) is 2.84. The van der Waals surface area contributed by atoms with Crippen molar-refractivity contribution in [1.29, 1.82) is 0 Å². The highest BCUT2D eigenvalue weighted by molar-refractivity contribution is 5.78. The number of rotatable bonds is 3. The third kappa shape index (κ3) is 1.48. The van der Waals surface area contributed by atoms with E-state index in [-0.39, 0.29) is 5.92 Å². The summed E-state index contributed by atoms with van der Waals surface area (Å²) in [5.74, 6) is -0.708. The van der Waals surface area contributed by atoms with Crippen molar-refractivity contribution in [2.24, 2.45) is 5.92 Å². The molecule has 0 aliphatic rings. The number of hydrogen-bond donors (Lipinski definition) is 2. The van der Waals surface area contributed by atoms with Crippen LogP contribution in [0.15, 0.2) is 0 Å². The summed E-state index contributed by atoms with van der Waals surface area (Å²) in [4.78, 5) is 10.6. The number of hydrogen-bond acceptors (Lipinski definition) is 2. The van der Waals surface area contributed by atoms with Crippen LogP contribution in [0.5, 0.6) is 0 Å². The molecular weight excluding hydrogens is 130 g/mol. The van der Waals surface area contributed by atoms with Gasteiger partial charge >= 0.3 is 5.97 Å². The normalized spacial score (nSPS) is 16.9. The Bertz CT molecular complexity index is 134. The Labute approximate surface area is 61.4 Å². The number of aliphatic carboxylic acids is 1. The van der Waals surface area contributed by atoms with Crippen LogP contribution >= 0.6 is 0 Å². The molecule has 2 N–H and O–H groups in total. The van der Waals surface area contributed by atoms with Crippen LogP contribution in [-0.4, -0.2) is 23.7 Å². The maximum Gasteiger partial charge on any atom is 0.323 e. The van der Waals surface area contributed by atoms with Crippen LogP contribution in [0.25, 0.3) is 0 Å². The molecule has 0 aromatic heterocycles. The van der Waals surface area contributed by atoms with E-state index in [9.17, 15) is 4.79 Å². The maximum absolute atomic E-state index is 10.6. The van der Waals surface area contributed by atoms with Gasteiger partial charge in [-0.2, -0.15) is 0 Å². The molecular formula is C7H15NO2. The van der Waals surface area contributed by atoms with Crippen LogP contribution < -0.4 is 5.32 Å². The second kappa shape index (κ2) is 3.01. The lowest BCUT2D eigenvalue weighted by Gasteiger charge is -2.28. The van der Waals surface area contributed by atoms with E-state index in [1.807, 2.05) is 13.8 Å². The largest absolute Gasteiger partial charge is 0.480 e. The van der Waals surface area contributed by atoms with Crippen molar-refractivity contribution in [1.82, 2.24) is 5.32 Å². The van der Waals surface area contributed by atoms with E-state index in [1.54, 1.807) is 14.0 Å². The zero-order chi connectivity index (χ0) is 8.36. The molecule has 0 amide bonds. The third-order valence-corrected chi connectivity index (χ3v) is 2.12. The maximum atomic E-state index is 10.6. The molecule has 1 atom stereocenters. The number of nitrogens with one attached hydrogen (secondary N) is 1. The molecule has 0 aromatic rings. The summed E-state index contributed by atoms with van der Waals surface area (Å²) in [6.45, 7) is 5.44. The van der Waals surface area contributed by atoms with E-state index in [1.165, 1.54) is 0 Å². The molecule has 0 rings (SSSR count). The van der Waals surface area contributed by atoms with Gasteiger partial charge < -0.3 is 10.4 Å². The number of carboxylic acids is 1. The van der Waals surface area contributed by atoms with Crippen LogP contribution in [0.4, 0.5) is 0 Å². The summed E-state index contributed by atoms with van der Waals surface area (Å²) < 4.78 is 0. The molecule has 0 bridgehead atoms. The van der Waals surface area contributed by atoms with Crippen LogP contribution in [0.1, 0.15) is 20.8 Å². The molecule has 0 radical (unpaired) electrons. The van der Waals surface area contributed by atoms with Crippen LogP contribution in [0.2, 0.25) is 0 Å². The second-order valence-electron chi connectivity index (χ2n) is 2.91. The van der Waals surface area contributed by atoms with Gasteiger partial charge in [0.1, 0.15) is 5.54 Å². The lowest BCUT2D eigenvalue weighted by atomic mass is 9.89. The Morgan fingerprint density at radius 3 is 2.00 bits per heavy atom. The summed E-state index contributed by atoms with van der Waals surface area (Å²) in [7, 11) is 1.66. The minimum atomic E-state index is -0.801. The van der Waals surface area contributed by atoms with Crippen molar-refractivity contribution in [3.63, 3.8) is 0 Å². The predicted octanol–water partition coefficient (Wildman–Crippen LogP) is 0.705. The van der Waals surface area contributed by atoms with Crippen LogP contribution in [0.3, 0.4) is 0 Å². The lowest BCUT2D eigenvalue weighted by Crippen LogP contribution is -2.51. The zero-order valence-corrected chi connectivity index (χ0v) is 6.93. The topological polar surface area (TPSA) is 49.3 Å². The van der Waals surface area contributed by atoms with Crippen molar-refractivity contribution in [3.05, 3.63) is 0 Å². The van der Waals surface area contributed by atoms with E-state index in [2.05, 4.69) is 5.32 Å². The summed E-state index contributed by atoms with van der Waals surface area (Å²) in [5, 5.41) is 11.5. The fourth-order valence-corrected chi connectivity index (χ4v) is 0.643. The molecule has 0 spiro atoms. The van der Waals surface area contributed by atoms with Crippen molar-refractivity contribution in [2.45, 2.75) is 26.3 Å². The molecule has 3 heteroatoms. The van der Waals surface area contributed by atoms with Gasteiger partial charge in [-0.1, -0.05) is 13.8 Å². The number of carboxylic acid groups (broad SMARTS) is 1. The summed E-state index contributed by atoms with van der Waals surface area (Å²) in [6, 6.07) is 0. The van der Waals surface area contributed by atoms with Gasteiger partial charge in [0.15, 0.2) is 0 Å². The van der Waals surface area contributed by atoms with Gasteiger partial charge in [-0.25, -0.2) is 0 Å². The first kappa shape index (κ1) is 9.43. The lowest BCUT2D eigenvalue weighted by molar-refractivity contribution is -0.145. The highest BCUT2D eigenvalue weighted by Crippen LogP contribution is 2.15. The van der Waals surface area contributed by atoms with Crippen molar-refractivity contribution in [2.75, 3.05) is 7.05 Å². The molecule has 10 heavy (non-hydrogen) atoms. The number of likely N-dealkylation sites (N-methyl/N-ethyl adjacent to an activating group) is 1. The van der Waals surface area contributed by atoms with Gasteiger partial charge in [0.2, 0.25) is 0 Å². The van der Waals surface area contributed by atoms with E-state index in [4.69, 9.17) is 5.11 Å². The SMILES string of the molecule is CN[C@@](C)(C(=O)O)C(C)C. The molecule has 0 fully saturated rings. The zero-order valence-electron chi connectivity index (χ0n) is 6.93. The predicted molar refractivity (Wildman–Crippen MR) is 39.9 cm³/mol. The molecule has 0 aromatic carbocycles. The minimum Gasteiger partial charge on any atom is -0.480 e. The molecule has 60 valence electrons. The Morgan fingerprint density at radius 1 is 1.60 bits per heavy atom. The fourth-order valence-electron chi connectivity index (χ4n) is 0.643. The Morgan fingerprint density at radius 2 is 2.00 bits per heavy atom. The first-order valence-electron chi connectivity index (χ1n) is 3.37. The van der Waals surface area contributed by atoms with Crippen molar-refractivity contribution >= 4 is 5.97 Å². The van der Waals surface area contributed by atoms with Gasteiger partial charge in [0.05, 0.1) is 0 Å². The van der Waals surface area contributed by atoms with E-state index >= 15 is 0 Å². The molecule has 0 aliphatic heterocycles.